The van der Waals surface area contributed by atoms with E-state index in [1.807, 2.05) is 13.8 Å². The van der Waals surface area contributed by atoms with Crippen molar-refractivity contribution in [2.75, 3.05) is 0 Å². The Bertz CT molecular complexity index is 216. The molecule has 0 aromatic rings. The van der Waals surface area contributed by atoms with Gasteiger partial charge in [-0.3, -0.25) is 0 Å². The molecule has 4 nitrogen and oxygen atoms in total. The molecule has 0 bridgehead atoms. The van der Waals surface area contributed by atoms with E-state index in [0.717, 1.165) is 25.7 Å². The molecule has 0 aromatic carbocycles. The van der Waals surface area contributed by atoms with Crippen LogP contribution < -0.4 is 11.5 Å². The Balaban J connectivity index is 2.38. The van der Waals surface area contributed by atoms with Gasteiger partial charge in [-0.15, -0.1) is 0 Å². The number of amides is 1. The summed E-state index contributed by atoms with van der Waals surface area (Å²) in [5.41, 5.74) is 10.3. The van der Waals surface area contributed by atoms with Crippen molar-refractivity contribution in [2.45, 2.75) is 51.2 Å². The molecule has 1 fully saturated rings. The summed E-state index contributed by atoms with van der Waals surface area (Å²) in [6.45, 7) is 3.78. The number of ether oxygens (including phenoxy) is 1. The van der Waals surface area contributed by atoms with Crippen molar-refractivity contribution in [3.8, 4) is 0 Å². The van der Waals surface area contributed by atoms with Gasteiger partial charge in [0.1, 0.15) is 5.60 Å². The zero-order valence-corrected chi connectivity index (χ0v) is 8.95. The second-order valence-corrected chi connectivity index (χ2v) is 4.82. The number of carbonyl (C=O) groups excluding carboxylic acids is 1. The molecule has 1 saturated carbocycles. The molecule has 1 aliphatic rings. The SMILES string of the molecule is CC(C)(C[C@H]1CC[C@@H](N)C1)OC(N)=O. The standard InChI is InChI=1S/C10H20N2O2/c1-10(2,14-9(12)13)6-7-3-4-8(11)5-7/h7-8H,3-6,11H2,1-2H3,(H2,12,13)/t7-,8+/m0/s1. The van der Waals surface area contributed by atoms with Gasteiger partial charge in [0, 0.05) is 6.04 Å². The Morgan fingerprint density at radius 3 is 2.57 bits per heavy atom. The highest BCUT2D eigenvalue weighted by atomic mass is 16.6. The Morgan fingerprint density at radius 2 is 2.14 bits per heavy atom. The van der Waals surface area contributed by atoms with E-state index in [0.29, 0.717) is 12.0 Å². The van der Waals surface area contributed by atoms with Crippen LogP contribution in [0.1, 0.15) is 39.5 Å². The fraction of sp³-hybridized carbons (Fsp3) is 0.900. The minimum Gasteiger partial charge on any atom is -0.444 e. The number of nitrogens with two attached hydrogens (primary N) is 2. The van der Waals surface area contributed by atoms with E-state index in [-0.39, 0.29) is 0 Å². The second-order valence-electron chi connectivity index (χ2n) is 4.82. The molecular weight excluding hydrogens is 180 g/mol. The summed E-state index contributed by atoms with van der Waals surface area (Å²) in [4.78, 5) is 10.6. The van der Waals surface area contributed by atoms with E-state index in [1.165, 1.54) is 0 Å². The van der Waals surface area contributed by atoms with E-state index >= 15 is 0 Å². The van der Waals surface area contributed by atoms with Crippen molar-refractivity contribution in [2.24, 2.45) is 17.4 Å². The summed E-state index contributed by atoms with van der Waals surface area (Å²) in [6.07, 6.45) is 3.40. The minimum atomic E-state index is -0.697. The maximum atomic E-state index is 10.6. The highest BCUT2D eigenvalue weighted by Gasteiger charge is 2.30. The lowest BCUT2D eigenvalue weighted by Crippen LogP contribution is -2.33. The van der Waals surface area contributed by atoms with Crippen molar-refractivity contribution in [3.63, 3.8) is 0 Å². The Morgan fingerprint density at radius 1 is 1.50 bits per heavy atom. The molecule has 0 aliphatic heterocycles. The minimum absolute atomic E-state index is 0.323. The van der Waals surface area contributed by atoms with E-state index < -0.39 is 11.7 Å². The van der Waals surface area contributed by atoms with E-state index in [4.69, 9.17) is 16.2 Å². The summed E-state index contributed by atoms with van der Waals surface area (Å²) in [6, 6.07) is 0.323. The number of primary amides is 1. The predicted molar refractivity (Wildman–Crippen MR) is 54.7 cm³/mol. The van der Waals surface area contributed by atoms with Gasteiger partial charge >= 0.3 is 6.09 Å². The molecule has 0 heterocycles. The molecule has 4 heteroatoms. The van der Waals surface area contributed by atoms with Crippen LogP contribution >= 0.6 is 0 Å². The van der Waals surface area contributed by atoms with Crippen molar-refractivity contribution >= 4 is 6.09 Å². The predicted octanol–water partition coefficient (Wildman–Crippen LogP) is 1.38. The average molecular weight is 200 g/mol. The van der Waals surface area contributed by atoms with Crippen LogP contribution in [-0.4, -0.2) is 17.7 Å². The molecule has 1 aliphatic carbocycles. The van der Waals surface area contributed by atoms with Gasteiger partial charge in [0.15, 0.2) is 0 Å². The van der Waals surface area contributed by atoms with Gasteiger partial charge in [0.05, 0.1) is 0 Å². The van der Waals surface area contributed by atoms with Gasteiger partial charge in [-0.2, -0.15) is 0 Å². The Hall–Kier alpha value is -0.770. The summed E-state index contributed by atoms with van der Waals surface area (Å²) in [5, 5.41) is 0. The van der Waals surface area contributed by atoms with Crippen LogP contribution in [0.2, 0.25) is 0 Å². The van der Waals surface area contributed by atoms with Gasteiger partial charge in [0.25, 0.3) is 0 Å². The van der Waals surface area contributed by atoms with Crippen molar-refractivity contribution in [1.29, 1.82) is 0 Å². The van der Waals surface area contributed by atoms with Crippen LogP contribution in [0.3, 0.4) is 0 Å². The third kappa shape index (κ3) is 3.54. The maximum absolute atomic E-state index is 10.6. The molecule has 0 radical (unpaired) electrons. The first-order valence-electron chi connectivity index (χ1n) is 5.13. The van der Waals surface area contributed by atoms with E-state index in [9.17, 15) is 4.79 Å². The molecule has 1 amide bonds. The highest BCUT2D eigenvalue weighted by Crippen LogP contribution is 2.32. The molecule has 14 heavy (non-hydrogen) atoms. The van der Waals surface area contributed by atoms with E-state index in [1.54, 1.807) is 0 Å². The zero-order valence-electron chi connectivity index (χ0n) is 8.95. The largest absolute Gasteiger partial charge is 0.444 e. The first kappa shape index (κ1) is 11.3. The van der Waals surface area contributed by atoms with Crippen LogP contribution in [0.25, 0.3) is 0 Å². The number of carbonyl (C=O) groups is 1. The summed E-state index contributed by atoms with van der Waals surface area (Å²) < 4.78 is 5.03. The summed E-state index contributed by atoms with van der Waals surface area (Å²) >= 11 is 0. The number of hydrogen-bond acceptors (Lipinski definition) is 3. The first-order chi connectivity index (χ1) is 6.39. The first-order valence-corrected chi connectivity index (χ1v) is 5.13. The topological polar surface area (TPSA) is 78.3 Å². The highest BCUT2D eigenvalue weighted by molar-refractivity contribution is 5.65. The fourth-order valence-corrected chi connectivity index (χ4v) is 2.31. The van der Waals surface area contributed by atoms with Gasteiger partial charge < -0.3 is 16.2 Å². The lowest BCUT2D eigenvalue weighted by Gasteiger charge is -2.27. The van der Waals surface area contributed by atoms with Crippen LogP contribution in [0, 0.1) is 5.92 Å². The van der Waals surface area contributed by atoms with Crippen LogP contribution in [0.5, 0.6) is 0 Å². The Labute approximate surface area is 85.0 Å². The average Bonchev–Trinajstić information content (AvgIpc) is 2.30. The van der Waals surface area contributed by atoms with E-state index in [2.05, 4.69) is 0 Å². The van der Waals surface area contributed by atoms with Gasteiger partial charge in [-0.25, -0.2) is 4.79 Å². The third-order valence-electron chi connectivity index (χ3n) is 2.74. The lowest BCUT2D eigenvalue weighted by molar-refractivity contribution is 0.0270. The van der Waals surface area contributed by atoms with Gasteiger partial charge in [-0.1, -0.05) is 0 Å². The normalized spacial score (nSPS) is 27.6. The molecule has 0 unspecified atom stereocenters. The summed E-state index contributed by atoms with van der Waals surface area (Å²) in [5.74, 6) is 0.569. The molecule has 0 aromatic heterocycles. The molecular formula is C10H20N2O2. The Kier molecular flexibility index (Phi) is 3.37. The van der Waals surface area contributed by atoms with Crippen molar-refractivity contribution < 1.29 is 9.53 Å². The molecule has 82 valence electrons. The quantitative estimate of drug-likeness (QED) is 0.722. The number of rotatable bonds is 3. The third-order valence-corrected chi connectivity index (χ3v) is 2.74. The van der Waals surface area contributed by atoms with Crippen LogP contribution in [0.4, 0.5) is 4.79 Å². The molecule has 1 rings (SSSR count). The monoisotopic (exact) mass is 200 g/mol. The fourth-order valence-electron chi connectivity index (χ4n) is 2.31. The molecule has 4 N–H and O–H groups in total. The second kappa shape index (κ2) is 4.17. The van der Waals surface area contributed by atoms with Gasteiger partial charge in [0.2, 0.25) is 0 Å². The zero-order chi connectivity index (χ0) is 10.8. The smallest absolute Gasteiger partial charge is 0.405 e. The molecule has 0 spiro atoms. The van der Waals surface area contributed by atoms with Crippen molar-refractivity contribution in [3.05, 3.63) is 0 Å². The molecule has 0 saturated heterocycles. The lowest BCUT2D eigenvalue weighted by atomic mass is 9.92. The van der Waals surface area contributed by atoms with Gasteiger partial charge in [-0.05, 0) is 45.4 Å². The van der Waals surface area contributed by atoms with Crippen molar-refractivity contribution in [1.82, 2.24) is 0 Å². The maximum Gasteiger partial charge on any atom is 0.405 e. The summed E-state index contributed by atoms with van der Waals surface area (Å²) in [7, 11) is 0. The van der Waals surface area contributed by atoms with Crippen LogP contribution in [0.15, 0.2) is 0 Å². The van der Waals surface area contributed by atoms with Crippen LogP contribution in [-0.2, 0) is 4.74 Å². The number of hydrogen-bond donors (Lipinski definition) is 2. The molecule has 2 atom stereocenters.